The molecule has 2 aliphatic heterocycles. The number of rotatable bonds is 0. The molecule has 0 amide bonds. The quantitative estimate of drug-likeness (QED) is 0.460. The minimum absolute atomic E-state index is 0.605. The molecule has 1 saturated heterocycles. The topological polar surface area (TPSA) is 61.7 Å². The minimum Gasteiger partial charge on any atom is -0.375 e. The van der Waals surface area contributed by atoms with Gasteiger partial charge in [0.15, 0.2) is 0 Å². The summed E-state index contributed by atoms with van der Waals surface area (Å²) in [6.45, 7) is 3.11. The first kappa shape index (κ1) is 6.53. The van der Waals surface area contributed by atoms with Gasteiger partial charge in [0.25, 0.3) is 0 Å². The van der Waals surface area contributed by atoms with Crippen LogP contribution in [0, 0.1) is 0 Å². The maximum Gasteiger partial charge on any atom is 0.476 e. The zero-order valence-electron chi connectivity index (χ0n) is 5.97. The maximum absolute atomic E-state index is 5.16. The molecule has 2 heterocycles. The molecular weight excluding hydrogens is 146 g/mol. The van der Waals surface area contributed by atoms with Gasteiger partial charge in [-0.25, -0.2) is 0 Å². The van der Waals surface area contributed by atoms with Crippen molar-refractivity contribution in [3.63, 3.8) is 0 Å². The predicted octanol–water partition coefficient (Wildman–Crippen LogP) is 0.218. The Morgan fingerprint density at radius 1 is 1.09 bits per heavy atom. The number of nitrogens with zero attached hydrogens (tertiary/aromatic N) is 5. The summed E-state index contributed by atoms with van der Waals surface area (Å²) >= 11 is 0. The second-order valence-electron chi connectivity index (χ2n) is 2.28. The van der Waals surface area contributed by atoms with Gasteiger partial charge in [0.05, 0.1) is 47.0 Å². The van der Waals surface area contributed by atoms with Gasteiger partial charge >= 0.3 is 5.96 Å². The van der Waals surface area contributed by atoms with Crippen LogP contribution in [0.5, 0.6) is 0 Å². The van der Waals surface area contributed by atoms with Crippen molar-refractivity contribution >= 4 is 5.96 Å². The molecule has 0 saturated carbocycles. The van der Waals surface area contributed by atoms with Gasteiger partial charge in [-0.1, -0.05) is 0 Å². The highest BCUT2D eigenvalue weighted by Crippen LogP contribution is 2.00. The molecule has 0 radical (unpaired) electrons. The number of morpholine rings is 1. The molecule has 11 heavy (non-hydrogen) atoms. The second-order valence-corrected chi connectivity index (χ2v) is 2.28. The van der Waals surface area contributed by atoms with Crippen molar-refractivity contribution in [2.45, 2.75) is 0 Å². The van der Waals surface area contributed by atoms with Gasteiger partial charge in [0.2, 0.25) is 0 Å². The van der Waals surface area contributed by atoms with Crippen molar-refractivity contribution in [3.8, 4) is 0 Å². The van der Waals surface area contributed by atoms with E-state index < -0.39 is 0 Å². The summed E-state index contributed by atoms with van der Waals surface area (Å²) in [6.07, 6.45) is 0. The van der Waals surface area contributed by atoms with Crippen LogP contribution in [0.15, 0.2) is 20.7 Å². The molecule has 0 atom stereocenters. The normalized spacial score (nSPS) is 23.3. The van der Waals surface area contributed by atoms with Crippen molar-refractivity contribution in [2.75, 3.05) is 26.3 Å². The highest BCUT2D eigenvalue weighted by atomic mass is 16.5. The third-order valence-corrected chi connectivity index (χ3v) is 1.60. The molecule has 6 heteroatoms. The fraction of sp³-hybridized carbons (Fsp3) is 0.800. The van der Waals surface area contributed by atoms with E-state index in [0.29, 0.717) is 5.96 Å². The van der Waals surface area contributed by atoms with E-state index in [0.717, 1.165) is 26.3 Å². The van der Waals surface area contributed by atoms with Crippen LogP contribution in [0.1, 0.15) is 0 Å². The molecule has 58 valence electrons. The average molecular weight is 154 g/mol. The third-order valence-electron chi connectivity index (χ3n) is 1.60. The zero-order chi connectivity index (χ0) is 7.52. The van der Waals surface area contributed by atoms with E-state index in [9.17, 15) is 0 Å². The van der Waals surface area contributed by atoms with Crippen molar-refractivity contribution < 1.29 is 9.31 Å². The first-order chi connectivity index (χ1) is 5.47. The number of ether oxygens (including phenoxy) is 1. The molecule has 6 nitrogen and oxygen atoms in total. The Morgan fingerprint density at radius 2 is 1.73 bits per heavy atom. The molecule has 0 unspecified atom stereocenters. The van der Waals surface area contributed by atoms with Gasteiger partial charge in [0, 0.05) is 0 Å². The molecule has 0 aromatic heterocycles. The predicted molar refractivity (Wildman–Crippen MR) is 35.5 cm³/mol. The monoisotopic (exact) mass is 154 g/mol. The van der Waals surface area contributed by atoms with Gasteiger partial charge in [-0.3, -0.25) is 4.58 Å². The van der Waals surface area contributed by atoms with Crippen LogP contribution in [0.2, 0.25) is 0 Å². The standard InChI is InChI=1S/C5H8N5O/c1-3-11-4-2-10(1)5-6-8-9-7-5/h1-4H2/q+1. The summed E-state index contributed by atoms with van der Waals surface area (Å²) in [5.74, 6) is 0.605. The first-order valence-corrected chi connectivity index (χ1v) is 3.48. The fourth-order valence-corrected chi connectivity index (χ4v) is 1.03. The summed E-state index contributed by atoms with van der Waals surface area (Å²) in [6, 6.07) is 0. The second kappa shape index (κ2) is 2.83. The number of guanidine groups is 1. The van der Waals surface area contributed by atoms with Crippen LogP contribution in [0.4, 0.5) is 0 Å². The molecule has 0 bridgehead atoms. The summed E-state index contributed by atoms with van der Waals surface area (Å²) in [5, 5.41) is 14.3. The van der Waals surface area contributed by atoms with E-state index in [-0.39, 0.29) is 0 Å². The molecule has 0 N–H and O–H groups in total. The molecule has 0 aromatic rings. The summed E-state index contributed by atoms with van der Waals surface area (Å²) in [5.41, 5.74) is 0. The lowest BCUT2D eigenvalue weighted by atomic mass is 10.5. The summed E-state index contributed by atoms with van der Waals surface area (Å²) in [4.78, 5) is 0. The van der Waals surface area contributed by atoms with Gasteiger partial charge < -0.3 is 4.74 Å². The van der Waals surface area contributed by atoms with Gasteiger partial charge in [-0.15, -0.1) is 0 Å². The Kier molecular flexibility index (Phi) is 1.68. The van der Waals surface area contributed by atoms with Gasteiger partial charge in [-0.2, -0.15) is 0 Å². The van der Waals surface area contributed by atoms with Crippen LogP contribution >= 0.6 is 0 Å². The maximum atomic E-state index is 5.16. The molecular formula is C5H8N5O+. The van der Waals surface area contributed by atoms with E-state index in [2.05, 4.69) is 20.7 Å². The largest absolute Gasteiger partial charge is 0.476 e. The lowest BCUT2D eigenvalue weighted by molar-refractivity contribution is -0.550. The van der Waals surface area contributed by atoms with Gasteiger partial charge in [0.1, 0.15) is 0 Å². The third kappa shape index (κ3) is 1.30. The lowest BCUT2D eigenvalue weighted by Crippen LogP contribution is -2.31. The number of hydrogen-bond acceptors (Lipinski definition) is 3. The van der Waals surface area contributed by atoms with Gasteiger partial charge in [-0.05, 0) is 0 Å². The van der Waals surface area contributed by atoms with Crippen molar-refractivity contribution in [2.24, 2.45) is 20.7 Å². The Bertz CT molecular complexity index is 221. The number of hydrogen-bond donors (Lipinski definition) is 0. The van der Waals surface area contributed by atoms with Crippen molar-refractivity contribution in [1.82, 2.24) is 0 Å². The molecule has 1 fully saturated rings. The molecule has 0 aliphatic carbocycles. The van der Waals surface area contributed by atoms with Crippen LogP contribution in [-0.2, 0) is 4.74 Å². The van der Waals surface area contributed by atoms with Crippen molar-refractivity contribution in [1.29, 1.82) is 0 Å². The Balaban J connectivity index is 2.17. The van der Waals surface area contributed by atoms with E-state index in [1.165, 1.54) is 0 Å². The fourth-order valence-electron chi connectivity index (χ4n) is 1.03. The molecule has 2 aliphatic rings. The summed E-state index contributed by atoms with van der Waals surface area (Å²) in [7, 11) is 0. The highest BCUT2D eigenvalue weighted by Gasteiger charge is 2.20. The lowest BCUT2D eigenvalue weighted by Gasteiger charge is -2.13. The Labute approximate surface area is 63.3 Å². The van der Waals surface area contributed by atoms with E-state index in [4.69, 9.17) is 4.74 Å². The van der Waals surface area contributed by atoms with Crippen molar-refractivity contribution in [3.05, 3.63) is 0 Å². The average Bonchev–Trinajstić information content (AvgIpc) is 2.58. The molecule has 0 aromatic carbocycles. The van der Waals surface area contributed by atoms with E-state index in [1.54, 1.807) is 0 Å². The van der Waals surface area contributed by atoms with E-state index in [1.807, 2.05) is 4.58 Å². The minimum atomic E-state index is 0.605. The molecule has 0 spiro atoms. The van der Waals surface area contributed by atoms with Crippen LogP contribution in [-0.4, -0.2) is 36.8 Å². The van der Waals surface area contributed by atoms with Crippen LogP contribution in [0.25, 0.3) is 0 Å². The summed E-state index contributed by atoms with van der Waals surface area (Å²) < 4.78 is 7.16. The van der Waals surface area contributed by atoms with Crippen LogP contribution in [0.3, 0.4) is 0 Å². The van der Waals surface area contributed by atoms with Crippen LogP contribution < -0.4 is 0 Å². The molecule has 2 rings (SSSR count). The first-order valence-electron chi connectivity index (χ1n) is 3.48. The Hall–Kier alpha value is -1.17. The smallest absolute Gasteiger partial charge is 0.375 e. The highest BCUT2D eigenvalue weighted by molar-refractivity contribution is 5.76. The Morgan fingerprint density at radius 3 is 2.36 bits per heavy atom. The van der Waals surface area contributed by atoms with E-state index >= 15 is 0 Å². The zero-order valence-corrected chi connectivity index (χ0v) is 5.97. The SMILES string of the molecule is C1C[N+](=C2N=NN=N2)CCO1.